The molecule has 0 heterocycles. The maximum atomic E-state index is 13.2. The van der Waals surface area contributed by atoms with E-state index in [0.717, 1.165) is 11.1 Å². The molecule has 138 valence electrons. The molecule has 1 aliphatic rings. The predicted octanol–water partition coefficient (Wildman–Crippen LogP) is 4.17. The van der Waals surface area contributed by atoms with E-state index < -0.39 is 17.0 Å². The molecule has 0 radical (unpaired) electrons. The third-order valence-corrected chi connectivity index (χ3v) is 4.06. The second kappa shape index (κ2) is 8.81. The van der Waals surface area contributed by atoms with Crippen molar-refractivity contribution in [1.29, 1.82) is 0 Å². The Bertz CT molecular complexity index is 634. The molecular formula is C20H28O5. The van der Waals surface area contributed by atoms with Crippen LogP contribution >= 0.6 is 0 Å². The van der Waals surface area contributed by atoms with Gasteiger partial charge in [0.1, 0.15) is 17.1 Å². The summed E-state index contributed by atoms with van der Waals surface area (Å²) in [5, 5.41) is 10.2. The minimum atomic E-state index is -1.07. The SMILES string of the molecule is COCOC1=CC(O)=C(C(C)=O)C(=O)C1(CC=C(C)C)CC=C(C)C. The largest absolute Gasteiger partial charge is 0.507 e. The fourth-order valence-electron chi connectivity index (χ4n) is 2.67. The van der Waals surface area contributed by atoms with Crippen molar-refractivity contribution in [3.63, 3.8) is 0 Å². The number of hydrogen-bond donors (Lipinski definition) is 1. The Labute approximate surface area is 149 Å². The van der Waals surface area contributed by atoms with Crippen molar-refractivity contribution in [2.75, 3.05) is 13.9 Å². The molecule has 0 saturated carbocycles. The molecule has 0 spiro atoms. The molecule has 0 aromatic heterocycles. The molecule has 1 rings (SSSR count). The number of ether oxygens (including phenoxy) is 2. The Hall–Kier alpha value is -2.14. The van der Waals surface area contributed by atoms with Gasteiger partial charge in [-0.05, 0) is 47.5 Å². The van der Waals surface area contributed by atoms with Crippen molar-refractivity contribution in [3.05, 3.63) is 46.5 Å². The molecule has 5 heteroatoms. The highest BCUT2D eigenvalue weighted by molar-refractivity contribution is 6.23. The van der Waals surface area contributed by atoms with Crippen molar-refractivity contribution in [1.82, 2.24) is 0 Å². The molecule has 0 bridgehead atoms. The molecule has 0 unspecified atom stereocenters. The highest BCUT2D eigenvalue weighted by atomic mass is 16.7. The zero-order chi connectivity index (χ0) is 19.2. The Morgan fingerprint density at radius 1 is 1.12 bits per heavy atom. The number of ketones is 2. The molecule has 25 heavy (non-hydrogen) atoms. The Kier molecular flexibility index (Phi) is 7.37. The van der Waals surface area contributed by atoms with Crippen LogP contribution in [0.25, 0.3) is 0 Å². The van der Waals surface area contributed by atoms with Crippen LogP contribution in [0, 0.1) is 5.41 Å². The number of carbonyl (C=O) groups is 2. The van der Waals surface area contributed by atoms with Crippen LogP contribution < -0.4 is 0 Å². The summed E-state index contributed by atoms with van der Waals surface area (Å²) in [7, 11) is 1.48. The van der Waals surface area contributed by atoms with Crippen molar-refractivity contribution < 1.29 is 24.2 Å². The average molecular weight is 348 g/mol. The van der Waals surface area contributed by atoms with E-state index in [1.807, 2.05) is 39.8 Å². The van der Waals surface area contributed by atoms with E-state index in [0.29, 0.717) is 18.6 Å². The quantitative estimate of drug-likeness (QED) is 0.405. The predicted molar refractivity (Wildman–Crippen MR) is 96.9 cm³/mol. The monoisotopic (exact) mass is 348 g/mol. The number of rotatable bonds is 8. The molecule has 0 aliphatic heterocycles. The minimum absolute atomic E-state index is 0.0484. The molecule has 0 fully saturated rings. The normalized spacial score (nSPS) is 16.2. The van der Waals surface area contributed by atoms with Gasteiger partial charge >= 0.3 is 0 Å². The van der Waals surface area contributed by atoms with E-state index >= 15 is 0 Å². The number of allylic oxidation sites excluding steroid dienone is 7. The van der Waals surface area contributed by atoms with Crippen LogP contribution in [0.4, 0.5) is 0 Å². The van der Waals surface area contributed by atoms with Crippen LogP contribution in [0.2, 0.25) is 0 Å². The lowest BCUT2D eigenvalue weighted by Crippen LogP contribution is -2.39. The van der Waals surface area contributed by atoms with E-state index in [2.05, 4.69) is 0 Å². The second-order valence-corrected chi connectivity index (χ2v) is 6.76. The maximum absolute atomic E-state index is 13.2. The molecule has 5 nitrogen and oxygen atoms in total. The topological polar surface area (TPSA) is 72.8 Å². The lowest BCUT2D eigenvalue weighted by atomic mass is 9.69. The van der Waals surface area contributed by atoms with Crippen LogP contribution in [-0.4, -0.2) is 30.6 Å². The van der Waals surface area contributed by atoms with E-state index in [1.54, 1.807) is 0 Å². The van der Waals surface area contributed by atoms with E-state index in [-0.39, 0.29) is 18.1 Å². The number of Topliss-reactive ketones (excluding diaryl/α,β-unsaturated/α-hetero) is 2. The van der Waals surface area contributed by atoms with Crippen molar-refractivity contribution in [2.45, 2.75) is 47.5 Å². The summed E-state index contributed by atoms with van der Waals surface area (Å²) in [5.74, 6) is -0.908. The molecule has 0 aromatic carbocycles. The first-order chi connectivity index (χ1) is 11.7. The minimum Gasteiger partial charge on any atom is -0.507 e. The molecular weight excluding hydrogens is 320 g/mol. The number of carbonyl (C=O) groups excluding carboxylic acids is 2. The summed E-state index contributed by atoms with van der Waals surface area (Å²) in [6, 6.07) is 0. The number of methoxy groups -OCH3 is 1. The van der Waals surface area contributed by atoms with Gasteiger partial charge in [0.05, 0.1) is 5.41 Å². The van der Waals surface area contributed by atoms with Crippen molar-refractivity contribution in [3.8, 4) is 0 Å². The van der Waals surface area contributed by atoms with Crippen LogP contribution in [0.5, 0.6) is 0 Å². The van der Waals surface area contributed by atoms with E-state index in [9.17, 15) is 14.7 Å². The van der Waals surface area contributed by atoms with Gasteiger partial charge in [0.2, 0.25) is 0 Å². The summed E-state index contributed by atoms with van der Waals surface area (Å²) >= 11 is 0. The molecule has 0 atom stereocenters. The van der Waals surface area contributed by atoms with Gasteiger partial charge in [-0.25, -0.2) is 0 Å². The summed E-state index contributed by atoms with van der Waals surface area (Å²) < 4.78 is 10.6. The third kappa shape index (κ3) is 4.92. The van der Waals surface area contributed by atoms with Crippen LogP contribution in [0.1, 0.15) is 47.5 Å². The van der Waals surface area contributed by atoms with Gasteiger partial charge in [-0.1, -0.05) is 23.3 Å². The number of aliphatic hydroxyl groups is 1. The summed E-state index contributed by atoms with van der Waals surface area (Å²) in [6.45, 7) is 9.01. The van der Waals surface area contributed by atoms with Gasteiger partial charge in [-0.3, -0.25) is 9.59 Å². The average Bonchev–Trinajstić information content (AvgIpc) is 2.50. The van der Waals surface area contributed by atoms with Gasteiger partial charge in [-0.15, -0.1) is 0 Å². The lowest BCUT2D eigenvalue weighted by Gasteiger charge is -2.36. The lowest BCUT2D eigenvalue weighted by molar-refractivity contribution is -0.129. The fourth-order valence-corrected chi connectivity index (χ4v) is 2.67. The van der Waals surface area contributed by atoms with Crippen LogP contribution in [-0.2, 0) is 19.1 Å². The Morgan fingerprint density at radius 3 is 2.04 bits per heavy atom. The van der Waals surface area contributed by atoms with Gasteiger partial charge in [0, 0.05) is 13.2 Å². The first-order valence-electron chi connectivity index (χ1n) is 8.25. The van der Waals surface area contributed by atoms with Gasteiger partial charge in [-0.2, -0.15) is 0 Å². The van der Waals surface area contributed by atoms with Crippen molar-refractivity contribution >= 4 is 11.6 Å². The first-order valence-corrected chi connectivity index (χ1v) is 8.25. The van der Waals surface area contributed by atoms with Crippen molar-refractivity contribution in [2.24, 2.45) is 5.41 Å². The van der Waals surface area contributed by atoms with Gasteiger partial charge < -0.3 is 14.6 Å². The molecule has 1 N–H and O–H groups in total. The molecule has 1 aliphatic carbocycles. The standard InChI is InChI=1S/C20H28O5/c1-13(2)7-9-20(10-8-14(3)4)17(25-12-24-6)11-16(22)18(15(5)21)19(20)23/h7-8,11,22H,9-10,12H2,1-6H3. The zero-order valence-electron chi connectivity index (χ0n) is 15.9. The Balaban J connectivity index is 3.56. The molecule has 0 saturated heterocycles. The smallest absolute Gasteiger partial charge is 0.188 e. The molecule has 0 aromatic rings. The third-order valence-electron chi connectivity index (χ3n) is 4.06. The highest BCUT2D eigenvalue weighted by Gasteiger charge is 2.48. The fraction of sp³-hybridized carbons (Fsp3) is 0.500. The first kappa shape index (κ1) is 20.9. The summed E-state index contributed by atoms with van der Waals surface area (Å²) in [6.07, 6.45) is 6.01. The van der Waals surface area contributed by atoms with Gasteiger partial charge in [0.25, 0.3) is 0 Å². The van der Waals surface area contributed by atoms with E-state index in [1.165, 1.54) is 20.1 Å². The maximum Gasteiger partial charge on any atom is 0.188 e. The van der Waals surface area contributed by atoms with E-state index in [4.69, 9.17) is 9.47 Å². The molecule has 0 amide bonds. The van der Waals surface area contributed by atoms with Crippen LogP contribution in [0.3, 0.4) is 0 Å². The summed E-state index contributed by atoms with van der Waals surface area (Å²) in [4.78, 5) is 25.2. The number of aliphatic hydroxyl groups excluding tert-OH is 1. The number of hydrogen-bond acceptors (Lipinski definition) is 5. The Morgan fingerprint density at radius 2 is 1.64 bits per heavy atom. The summed E-state index contributed by atoms with van der Waals surface area (Å²) in [5.41, 5.74) is 0.867. The second-order valence-electron chi connectivity index (χ2n) is 6.76. The zero-order valence-corrected chi connectivity index (χ0v) is 15.9. The van der Waals surface area contributed by atoms with Gasteiger partial charge in [0.15, 0.2) is 18.4 Å². The highest BCUT2D eigenvalue weighted by Crippen LogP contribution is 2.44. The van der Waals surface area contributed by atoms with Crippen LogP contribution in [0.15, 0.2) is 46.5 Å².